The Bertz CT molecular complexity index is 238. The fourth-order valence-corrected chi connectivity index (χ4v) is 1.01. The Labute approximate surface area is 83.4 Å². The number of carbonyl (C=O) groups is 2. The summed E-state index contributed by atoms with van der Waals surface area (Å²) in [5, 5.41) is 10.9. The van der Waals surface area contributed by atoms with E-state index in [-0.39, 0.29) is 11.8 Å². The van der Waals surface area contributed by atoms with Crippen LogP contribution in [0.5, 0.6) is 0 Å². The second-order valence-corrected chi connectivity index (χ2v) is 3.11. The highest BCUT2D eigenvalue weighted by Crippen LogP contribution is 1.98. The van der Waals surface area contributed by atoms with Crippen LogP contribution in [0, 0.1) is 5.92 Å². The average Bonchev–Trinajstić information content (AvgIpc) is 2.13. The number of amides is 1. The molecule has 0 heterocycles. The molecule has 0 bridgehead atoms. The molecule has 0 aliphatic heterocycles. The highest BCUT2D eigenvalue weighted by atomic mass is 16.4. The Hall–Kier alpha value is -1.52. The molecular formula is C9H16N2O3. The van der Waals surface area contributed by atoms with Crippen LogP contribution in [-0.4, -0.2) is 42.5 Å². The van der Waals surface area contributed by atoms with E-state index in [1.165, 1.54) is 6.20 Å². The Morgan fingerprint density at radius 1 is 1.57 bits per heavy atom. The van der Waals surface area contributed by atoms with E-state index in [9.17, 15) is 9.59 Å². The zero-order valence-corrected chi connectivity index (χ0v) is 8.65. The molecule has 0 aliphatic rings. The van der Waals surface area contributed by atoms with Crippen LogP contribution in [0.1, 0.15) is 6.92 Å². The fourth-order valence-electron chi connectivity index (χ4n) is 1.01. The van der Waals surface area contributed by atoms with Crippen LogP contribution in [0.2, 0.25) is 0 Å². The lowest BCUT2D eigenvalue weighted by Crippen LogP contribution is -2.32. The third-order valence-corrected chi connectivity index (χ3v) is 1.73. The predicted molar refractivity (Wildman–Crippen MR) is 52.6 cm³/mol. The van der Waals surface area contributed by atoms with Gasteiger partial charge in [-0.25, -0.2) is 4.79 Å². The molecule has 0 saturated carbocycles. The number of hydrogen-bond acceptors (Lipinski definition) is 3. The highest BCUT2D eigenvalue weighted by molar-refractivity contribution is 5.79. The van der Waals surface area contributed by atoms with E-state index in [0.717, 1.165) is 6.08 Å². The van der Waals surface area contributed by atoms with Gasteiger partial charge in [0.15, 0.2) is 0 Å². The first-order chi connectivity index (χ1) is 6.47. The Kier molecular flexibility index (Phi) is 5.36. The third-order valence-electron chi connectivity index (χ3n) is 1.73. The number of rotatable bonds is 5. The van der Waals surface area contributed by atoms with Crippen LogP contribution < -0.4 is 5.32 Å². The summed E-state index contributed by atoms with van der Waals surface area (Å²) in [5.41, 5.74) is 0. The van der Waals surface area contributed by atoms with Crippen LogP contribution in [0.15, 0.2) is 12.3 Å². The van der Waals surface area contributed by atoms with Crippen LogP contribution >= 0.6 is 0 Å². The first-order valence-corrected chi connectivity index (χ1v) is 4.30. The fraction of sp³-hybridized carbons (Fsp3) is 0.556. The first kappa shape index (κ1) is 12.5. The van der Waals surface area contributed by atoms with E-state index in [2.05, 4.69) is 5.32 Å². The molecular weight excluding hydrogens is 184 g/mol. The van der Waals surface area contributed by atoms with Gasteiger partial charge in [-0.2, -0.15) is 0 Å². The topological polar surface area (TPSA) is 69.6 Å². The normalized spacial score (nSPS) is 12.5. The molecule has 1 unspecified atom stereocenters. The van der Waals surface area contributed by atoms with Crippen molar-refractivity contribution >= 4 is 11.9 Å². The van der Waals surface area contributed by atoms with Crippen molar-refractivity contribution in [1.82, 2.24) is 10.2 Å². The summed E-state index contributed by atoms with van der Waals surface area (Å²) < 4.78 is 0. The highest BCUT2D eigenvalue weighted by Gasteiger charge is 2.11. The quantitative estimate of drug-likeness (QED) is 0.608. The summed E-state index contributed by atoms with van der Waals surface area (Å²) in [5.74, 6) is -1.21. The lowest BCUT2D eigenvalue weighted by atomic mass is 10.1. The van der Waals surface area contributed by atoms with E-state index in [4.69, 9.17) is 5.11 Å². The predicted octanol–water partition coefficient (Wildman–Crippen LogP) is -0.101. The molecule has 0 aliphatic carbocycles. The maximum Gasteiger partial charge on any atom is 0.329 e. The minimum Gasteiger partial charge on any atom is -0.478 e. The molecule has 0 aromatic rings. The average molecular weight is 200 g/mol. The largest absolute Gasteiger partial charge is 0.478 e. The van der Waals surface area contributed by atoms with Crippen molar-refractivity contribution in [2.24, 2.45) is 5.92 Å². The number of aliphatic carboxylic acids is 1. The summed E-state index contributed by atoms with van der Waals surface area (Å²) in [6.45, 7) is 2.27. The van der Waals surface area contributed by atoms with Gasteiger partial charge in [-0.05, 0) is 0 Å². The van der Waals surface area contributed by atoms with Gasteiger partial charge in [-0.3, -0.25) is 4.79 Å². The van der Waals surface area contributed by atoms with Gasteiger partial charge in [-0.15, -0.1) is 0 Å². The molecule has 2 N–H and O–H groups in total. The SMILES string of the molecule is CNC(=O)C(C)CN(C)/C=C/C(=O)O. The van der Waals surface area contributed by atoms with Gasteiger partial charge in [0.2, 0.25) is 5.91 Å². The van der Waals surface area contributed by atoms with Crippen molar-refractivity contribution in [2.75, 3.05) is 20.6 Å². The third kappa shape index (κ3) is 5.18. The van der Waals surface area contributed by atoms with Crippen molar-refractivity contribution < 1.29 is 14.7 Å². The van der Waals surface area contributed by atoms with Crippen LogP contribution in [0.3, 0.4) is 0 Å². The molecule has 0 fully saturated rings. The van der Waals surface area contributed by atoms with Gasteiger partial charge >= 0.3 is 5.97 Å². The van der Waals surface area contributed by atoms with Crippen molar-refractivity contribution in [3.8, 4) is 0 Å². The zero-order chi connectivity index (χ0) is 11.1. The molecule has 0 aromatic carbocycles. The van der Waals surface area contributed by atoms with Crippen molar-refractivity contribution in [3.05, 3.63) is 12.3 Å². The number of hydrogen-bond donors (Lipinski definition) is 2. The van der Waals surface area contributed by atoms with E-state index < -0.39 is 5.97 Å². The van der Waals surface area contributed by atoms with Crippen LogP contribution in [0.4, 0.5) is 0 Å². The summed E-state index contributed by atoms with van der Waals surface area (Å²) in [6, 6.07) is 0. The van der Waals surface area contributed by atoms with Gasteiger partial charge < -0.3 is 15.3 Å². The van der Waals surface area contributed by atoms with Gasteiger partial charge in [0.05, 0.1) is 5.92 Å². The van der Waals surface area contributed by atoms with Crippen molar-refractivity contribution in [2.45, 2.75) is 6.92 Å². The maximum atomic E-state index is 11.1. The molecule has 0 spiro atoms. The van der Waals surface area contributed by atoms with E-state index >= 15 is 0 Å². The molecule has 5 heteroatoms. The van der Waals surface area contributed by atoms with Gasteiger partial charge in [-0.1, -0.05) is 6.92 Å². The minimum absolute atomic E-state index is 0.0550. The second-order valence-electron chi connectivity index (χ2n) is 3.11. The number of nitrogens with one attached hydrogen (secondary N) is 1. The molecule has 5 nitrogen and oxygen atoms in total. The summed E-state index contributed by atoms with van der Waals surface area (Å²) in [7, 11) is 3.30. The first-order valence-electron chi connectivity index (χ1n) is 4.30. The van der Waals surface area contributed by atoms with Gasteiger partial charge in [0.1, 0.15) is 0 Å². The molecule has 1 atom stereocenters. The minimum atomic E-state index is -0.996. The Balaban J connectivity index is 3.99. The smallest absolute Gasteiger partial charge is 0.329 e. The van der Waals surface area contributed by atoms with Gasteiger partial charge in [0.25, 0.3) is 0 Å². The lowest BCUT2D eigenvalue weighted by molar-refractivity contribution is -0.131. The standard InChI is InChI=1S/C9H16N2O3/c1-7(9(14)10-2)6-11(3)5-4-8(12)13/h4-5,7H,6H2,1-3H3,(H,10,14)(H,12,13)/b5-4+. The molecule has 0 rings (SSSR count). The Morgan fingerprint density at radius 2 is 2.14 bits per heavy atom. The summed E-state index contributed by atoms with van der Waals surface area (Å²) >= 11 is 0. The lowest BCUT2D eigenvalue weighted by Gasteiger charge is -2.17. The number of carbonyl (C=O) groups excluding carboxylic acids is 1. The number of carboxylic acids is 1. The summed E-state index contributed by atoms with van der Waals surface area (Å²) in [6.07, 6.45) is 2.47. The Morgan fingerprint density at radius 3 is 2.57 bits per heavy atom. The van der Waals surface area contributed by atoms with Gasteiger partial charge in [0, 0.05) is 32.9 Å². The van der Waals surface area contributed by atoms with Crippen molar-refractivity contribution in [3.63, 3.8) is 0 Å². The molecule has 14 heavy (non-hydrogen) atoms. The molecule has 80 valence electrons. The van der Waals surface area contributed by atoms with Crippen LogP contribution in [0.25, 0.3) is 0 Å². The number of carboxylic acid groups (broad SMARTS) is 1. The van der Waals surface area contributed by atoms with E-state index in [0.29, 0.717) is 6.54 Å². The monoisotopic (exact) mass is 200 g/mol. The molecule has 0 radical (unpaired) electrons. The molecule has 0 saturated heterocycles. The van der Waals surface area contributed by atoms with Crippen molar-refractivity contribution in [1.29, 1.82) is 0 Å². The maximum absolute atomic E-state index is 11.1. The molecule has 1 amide bonds. The molecule has 0 aromatic heterocycles. The van der Waals surface area contributed by atoms with E-state index in [1.807, 2.05) is 0 Å². The second kappa shape index (κ2) is 6.01. The van der Waals surface area contributed by atoms with Crippen LogP contribution in [-0.2, 0) is 9.59 Å². The number of nitrogens with zero attached hydrogens (tertiary/aromatic N) is 1. The zero-order valence-electron chi connectivity index (χ0n) is 8.65. The van der Waals surface area contributed by atoms with E-state index in [1.54, 1.807) is 25.9 Å². The summed E-state index contributed by atoms with van der Waals surface area (Å²) in [4.78, 5) is 23.0.